The summed E-state index contributed by atoms with van der Waals surface area (Å²) in [6.07, 6.45) is 10.7. The van der Waals surface area contributed by atoms with Crippen molar-refractivity contribution >= 4 is 5.78 Å². The van der Waals surface area contributed by atoms with Crippen molar-refractivity contribution in [2.24, 2.45) is 0 Å². The van der Waals surface area contributed by atoms with Crippen LogP contribution in [0.15, 0.2) is 0 Å². The molecule has 0 saturated carbocycles. The van der Waals surface area contributed by atoms with Crippen molar-refractivity contribution in [2.75, 3.05) is 6.61 Å². The first-order valence-corrected chi connectivity index (χ1v) is 12.4. The van der Waals surface area contributed by atoms with Crippen LogP contribution in [-0.4, -0.2) is 68.1 Å². The molecule has 7 nitrogen and oxygen atoms in total. The summed E-state index contributed by atoms with van der Waals surface area (Å²) in [6.45, 7) is 1.60. The standard InChI is InChI=1S/C24H46O7/c1-2-3-4-5-6-7-8-9-10-11-12-13-14-15-16-19(26)17-24(30)23(29)22(28)21(27)20(18-25)31-24/h20-23,25,27-30H,2-18H2,1H3/t20-,21+,22+,23-,24-/m1/s1. The molecule has 1 aliphatic heterocycles. The topological polar surface area (TPSA) is 127 Å². The van der Waals surface area contributed by atoms with Crippen LogP contribution < -0.4 is 0 Å². The predicted molar refractivity (Wildman–Crippen MR) is 119 cm³/mol. The van der Waals surface area contributed by atoms with Gasteiger partial charge in [0.15, 0.2) is 0 Å². The minimum Gasteiger partial charge on any atom is -0.394 e. The van der Waals surface area contributed by atoms with E-state index in [1.54, 1.807) is 0 Å². The van der Waals surface area contributed by atoms with Crippen molar-refractivity contribution in [3.63, 3.8) is 0 Å². The summed E-state index contributed by atoms with van der Waals surface area (Å²) in [4.78, 5) is 12.2. The van der Waals surface area contributed by atoms with Crippen LogP contribution in [0.1, 0.15) is 110 Å². The summed E-state index contributed by atoms with van der Waals surface area (Å²) in [5.41, 5.74) is 0. The molecular weight excluding hydrogens is 400 g/mol. The van der Waals surface area contributed by atoms with Gasteiger partial charge in [0.1, 0.15) is 30.2 Å². The SMILES string of the molecule is CCCCCCCCCCCCCCCCC(=O)C[C@@]1(O)O[C@H](CO)[C@H](O)[C@H](O)[C@H]1O. The van der Waals surface area contributed by atoms with E-state index in [-0.39, 0.29) is 12.2 Å². The Morgan fingerprint density at radius 2 is 1.23 bits per heavy atom. The van der Waals surface area contributed by atoms with Gasteiger partial charge in [-0.25, -0.2) is 0 Å². The molecule has 0 amide bonds. The molecule has 1 heterocycles. The first kappa shape index (κ1) is 28.5. The van der Waals surface area contributed by atoms with Crippen LogP contribution in [0.25, 0.3) is 0 Å². The van der Waals surface area contributed by atoms with Gasteiger partial charge < -0.3 is 30.3 Å². The Hall–Kier alpha value is -0.570. The third-order valence-corrected chi connectivity index (χ3v) is 6.31. The second kappa shape index (κ2) is 16.1. The molecule has 7 heteroatoms. The molecule has 1 fully saturated rings. The Labute approximate surface area is 187 Å². The maximum atomic E-state index is 12.2. The molecule has 5 atom stereocenters. The molecule has 31 heavy (non-hydrogen) atoms. The van der Waals surface area contributed by atoms with Crippen LogP contribution in [-0.2, 0) is 9.53 Å². The highest BCUT2D eigenvalue weighted by Gasteiger charge is 2.53. The Balaban J connectivity index is 2.06. The largest absolute Gasteiger partial charge is 0.394 e. The summed E-state index contributed by atoms with van der Waals surface area (Å²) in [7, 11) is 0. The van der Waals surface area contributed by atoms with Crippen molar-refractivity contribution in [3.05, 3.63) is 0 Å². The molecular formula is C24H46O7. The van der Waals surface area contributed by atoms with Gasteiger partial charge in [0.25, 0.3) is 0 Å². The Morgan fingerprint density at radius 1 is 0.774 bits per heavy atom. The van der Waals surface area contributed by atoms with E-state index in [1.807, 2.05) is 0 Å². The number of carbonyl (C=O) groups is 1. The van der Waals surface area contributed by atoms with Crippen molar-refractivity contribution in [1.82, 2.24) is 0 Å². The van der Waals surface area contributed by atoms with E-state index in [4.69, 9.17) is 4.74 Å². The lowest BCUT2D eigenvalue weighted by atomic mass is 9.89. The van der Waals surface area contributed by atoms with E-state index in [1.165, 1.54) is 70.6 Å². The summed E-state index contributed by atoms with van der Waals surface area (Å²) in [5, 5.41) is 49.2. The molecule has 184 valence electrons. The average molecular weight is 447 g/mol. The number of unbranched alkanes of at least 4 members (excludes halogenated alkanes) is 13. The highest BCUT2D eigenvalue weighted by Crippen LogP contribution is 2.31. The van der Waals surface area contributed by atoms with Gasteiger partial charge in [0.05, 0.1) is 13.0 Å². The number of carbonyl (C=O) groups excluding carboxylic acids is 1. The van der Waals surface area contributed by atoms with Gasteiger partial charge >= 0.3 is 0 Å². The third-order valence-electron chi connectivity index (χ3n) is 6.31. The van der Waals surface area contributed by atoms with Crippen molar-refractivity contribution in [1.29, 1.82) is 0 Å². The van der Waals surface area contributed by atoms with Gasteiger partial charge in [-0.15, -0.1) is 0 Å². The summed E-state index contributed by atoms with van der Waals surface area (Å²) < 4.78 is 5.14. The van der Waals surface area contributed by atoms with E-state index in [0.717, 1.165) is 12.8 Å². The molecule has 0 radical (unpaired) electrons. The molecule has 0 aliphatic carbocycles. The van der Waals surface area contributed by atoms with E-state index >= 15 is 0 Å². The third kappa shape index (κ3) is 10.7. The number of Topliss-reactive ketones (excluding diaryl/α,β-unsaturated/α-hetero) is 1. The fraction of sp³-hybridized carbons (Fsp3) is 0.958. The van der Waals surface area contributed by atoms with E-state index in [2.05, 4.69) is 6.92 Å². The van der Waals surface area contributed by atoms with Crippen LogP contribution >= 0.6 is 0 Å². The molecule has 0 aromatic carbocycles. The molecule has 0 spiro atoms. The van der Waals surface area contributed by atoms with Gasteiger partial charge in [-0.2, -0.15) is 0 Å². The lowest BCUT2D eigenvalue weighted by Crippen LogP contribution is -2.65. The zero-order valence-electron chi connectivity index (χ0n) is 19.4. The molecule has 1 rings (SSSR count). The van der Waals surface area contributed by atoms with Crippen molar-refractivity contribution in [2.45, 2.75) is 140 Å². The number of aliphatic hydroxyl groups excluding tert-OH is 4. The van der Waals surface area contributed by atoms with Gasteiger partial charge in [-0.1, -0.05) is 90.4 Å². The van der Waals surface area contributed by atoms with Gasteiger partial charge in [-0.3, -0.25) is 4.79 Å². The second-order valence-electron chi connectivity index (χ2n) is 9.17. The minimum atomic E-state index is -2.29. The van der Waals surface area contributed by atoms with Crippen LogP contribution in [0.3, 0.4) is 0 Å². The highest BCUT2D eigenvalue weighted by atomic mass is 16.7. The van der Waals surface area contributed by atoms with Crippen molar-refractivity contribution in [3.8, 4) is 0 Å². The van der Waals surface area contributed by atoms with Gasteiger partial charge in [0.2, 0.25) is 5.79 Å². The Morgan fingerprint density at radius 3 is 1.68 bits per heavy atom. The van der Waals surface area contributed by atoms with Crippen LogP contribution in [0.4, 0.5) is 0 Å². The molecule has 1 saturated heterocycles. The van der Waals surface area contributed by atoms with Crippen LogP contribution in [0.5, 0.6) is 0 Å². The average Bonchev–Trinajstić information content (AvgIpc) is 2.75. The zero-order chi connectivity index (χ0) is 23.1. The number of rotatable bonds is 18. The molecule has 5 N–H and O–H groups in total. The predicted octanol–water partition coefficient (Wildman–Crippen LogP) is 2.98. The molecule has 0 aromatic heterocycles. The lowest BCUT2D eigenvalue weighted by molar-refractivity contribution is -0.347. The Bertz CT molecular complexity index is 471. The molecule has 0 bridgehead atoms. The normalized spacial score (nSPS) is 28.7. The monoisotopic (exact) mass is 446 g/mol. The minimum absolute atomic E-state index is 0.263. The van der Waals surface area contributed by atoms with E-state index < -0.39 is 43.2 Å². The van der Waals surface area contributed by atoms with E-state index in [0.29, 0.717) is 6.42 Å². The number of hydrogen-bond donors (Lipinski definition) is 5. The first-order chi connectivity index (χ1) is 14.9. The van der Waals surface area contributed by atoms with Gasteiger partial charge in [0, 0.05) is 6.42 Å². The maximum Gasteiger partial charge on any atom is 0.202 e. The highest BCUT2D eigenvalue weighted by molar-refractivity contribution is 5.79. The summed E-state index contributed by atoms with van der Waals surface area (Å²) in [5.74, 6) is -2.57. The smallest absolute Gasteiger partial charge is 0.202 e. The number of aliphatic hydroxyl groups is 5. The lowest BCUT2D eigenvalue weighted by Gasteiger charge is -2.45. The Kier molecular flexibility index (Phi) is 14.8. The van der Waals surface area contributed by atoms with E-state index in [9.17, 15) is 30.3 Å². The van der Waals surface area contributed by atoms with Crippen LogP contribution in [0, 0.1) is 0 Å². The quantitative estimate of drug-likeness (QED) is 0.205. The zero-order valence-corrected chi connectivity index (χ0v) is 19.4. The second-order valence-corrected chi connectivity index (χ2v) is 9.17. The summed E-state index contributed by atoms with van der Waals surface area (Å²) >= 11 is 0. The molecule has 0 aromatic rings. The fourth-order valence-corrected chi connectivity index (χ4v) is 4.25. The van der Waals surface area contributed by atoms with Gasteiger partial charge in [-0.05, 0) is 6.42 Å². The maximum absolute atomic E-state index is 12.2. The number of ketones is 1. The molecule has 1 aliphatic rings. The first-order valence-electron chi connectivity index (χ1n) is 12.4. The molecule has 0 unspecified atom stereocenters. The number of hydrogen-bond acceptors (Lipinski definition) is 7. The summed E-state index contributed by atoms with van der Waals surface area (Å²) in [6, 6.07) is 0. The number of ether oxygens (including phenoxy) is 1. The fourth-order valence-electron chi connectivity index (χ4n) is 4.25. The van der Waals surface area contributed by atoms with Crippen molar-refractivity contribution < 1.29 is 35.1 Å². The van der Waals surface area contributed by atoms with Crippen LogP contribution in [0.2, 0.25) is 0 Å².